The molecule has 17 heavy (non-hydrogen) atoms. The van der Waals surface area contributed by atoms with Gasteiger partial charge in [-0.3, -0.25) is 0 Å². The molecule has 1 aliphatic heterocycles. The highest BCUT2D eigenvalue weighted by Crippen LogP contribution is 2.45. The Morgan fingerprint density at radius 2 is 1.71 bits per heavy atom. The fourth-order valence-corrected chi connectivity index (χ4v) is 3.50. The molecule has 1 aliphatic carbocycles. The van der Waals surface area contributed by atoms with Gasteiger partial charge in [-0.05, 0) is 56.7 Å². The zero-order chi connectivity index (χ0) is 12.1. The van der Waals surface area contributed by atoms with Crippen LogP contribution in [0.2, 0.25) is 0 Å². The SMILES string of the molecule is CC(C)CNCCN1CCC2(CCCC2)CC1. The number of likely N-dealkylation sites (tertiary alicyclic amines) is 1. The summed E-state index contributed by atoms with van der Waals surface area (Å²) in [6.07, 6.45) is 8.97. The Bertz CT molecular complexity index is 209. The molecule has 0 radical (unpaired) electrons. The van der Waals surface area contributed by atoms with Gasteiger partial charge < -0.3 is 10.2 Å². The van der Waals surface area contributed by atoms with E-state index in [-0.39, 0.29) is 0 Å². The van der Waals surface area contributed by atoms with Crippen LogP contribution in [0.1, 0.15) is 52.4 Å². The monoisotopic (exact) mass is 238 g/mol. The van der Waals surface area contributed by atoms with Gasteiger partial charge in [-0.25, -0.2) is 0 Å². The van der Waals surface area contributed by atoms with Crippen molar-refractivity contribution in [2.45, 2.75) is 52.4 Å². The molecule has 1 saturated heterocycles. The molecule has 0 unspecified atom stereocenters. The summed E-state index contributed by atoms with van der Waals surface area (Å²) in [5, 5.41) is 3.55. The molecule has 100 valence electrons. The summed E-state index contributed by atoms with van der Waals surface area (Å²) in [6, 6.07) is 0. The Hall–Kier alpha value is -0.0800. The van der Waals surface area contributed by atoms with Gasteiger partial charge in [0, 0.05) is 13.1 Å². The zero-order valence-corrected chi connectivity index (χ0v) is 11.8. The minimum atomic E-state index is 0.776. The lowest BCUT2D eigenvalue weighted by Crippen LogP contribution is -2.42. The van der Waals surface area contributed by atoms with Gasteiger partial charge in [0.2, 0.25) is 0 Å². The molecule has 2 aliphatic rings. The second-order valence-corrected chi connectivity index (χ2v) is 6.65. The molecule has 0 bridgehead atoms. The summed E-state index contributed by atoms with van der Waals surface area (Å²) in [5.74, 6) is 0.776. The molecule has 2 fully saturated rings. The minimum Gasteiger partial charge on any atom is -0.315 e. The van der Waals surface area contributed by atoms with Crippen LogP contribution in [0.4, 0.5) is 0 Å². The van der Waals surface area contributed by atoms with Crippen molar-refractivity contribution in [1.82, 2.24) is 10.2 Å². The van der Waals surface area contributed by atoms with Crippen LogP contribution in [0.3, 0.4) is 0 Å². The average Bonchev–Trinajstić information content (AvgIpc) is 2.75. The van der Waals surface area contributed by atoms with Gasteiger partial charge in [-0.15, -0.1) is 0 Å². The molecule has 1 N–H and O–H groups in total. The van der Waals surface area contributed by atoms with E-state index in [1.807, 2.05) is 0 Å². The normalized spacial score (nSPS) is 24.9. The highest BCUT2D eigenvalue weighted by atomic mass is 15.1. The molecule has 0 aromatic rings. The highest BCUT2D eigenvalue weighted by Gasteiger charge is 2.36. The van der Waals surface area contributed by atoms with E-state index in [2.05, 4.69) is 24.1 Å². The molecule has 0 aromatic carbocycles. The molecule has 2 heteroatoms. The summed E-state index contributed by atoms with van der Waals surface area (Å²) in [5.41, 5.74) is 0.780. The Morgan fingerprint density at radius 3 is 2.29 bits per heavy atom. The van der Waals surface area contributed by atoms with Crippen molar-refractivity contribution in [2.24, 2.45) is 11.3 Å². The fourth-order valence-electron chi connectivity index (χ4n) is 3.50. The van der Waals surface area contributed by atoms with Crippen molar-refractivity contribution in [3.05, 3.63) is 0 Å². The largest absolute Gasteiger partial charge is 0.315 e. The standard InChI is InChI=1S/C15H30N2/c1-14(2)13-16-9-12-17-10-7-15(8-11-17)5-3-4-6-15/h14,16H,3-13H2,1-2H3. The van der Waals surface area contributed by atoms with Crippen LogP contribution in [-0.4, -0.2) is 37.6 Å². The maximum atomic E-state index is 3.55. The predicted octanol–water partition coefficient (Wildman–Crippen LogP) is 2.89. The number of nitrogens with one attached hydrogen (secondary N) is 1. The van der Waals surface area contributed by atoms with E-state index in [1.54, 1.807) is 0 Å². The molecule has 2 nitrogen and oxygen atoms in total. The first-order chi connectivity index (χ1) is 8.20. The maximum absolute atomic E-state index is 3.55. The third kappa shape index (κ3) is 3.96. The molecule has 1 saturated carbocycles. The van der Waals surface area contributed by atoms with E-state index in [1.165, 1.54) is 64.7 Å². The molecular formula is C15H30N2. The van der Waals surface area contributed by atoms with Crippen LogP contribution >= 0.6 is 0 Å². The minimum absolute atomic E-state index is 0.776. The number of rotatable bonds is 5. The van der Waals surface area contributed by atoms with Crippen molar-refractivity contribution in [1.29, 1.82) is 0 Å². The van der Waals surface area contributed by atoms with Gasteiger partial charge in [0.25, 0.3) is 0 Å². The summed E-state index contributed by atoms with van der Waals surface area (Å²) in [6.45, 7) is 10.8. The molecule has 1 heterocycles. The quantitative estimate of drug-likeness (QED) is 0.741. The lowest BCUT2D eigenvalue weighted by Gasteiger charge is -2.39. The lowest BCUT2D eigenvalue weighted by molar-refractivity contribution is 0.109. The summed E-state index contributed by atoms with van der Waals surface area (Å²) >= 11 is 0. The third-order valence-electron chi connectivity index (χ3n) is 4.74. The highest BCUT2D eigenvalue weighted by molar-refractivity contribution is 4.89. The van der Waals surface area contributed by atoms with E-state index in [0.29, 0.717) is 0 Å². The maximum Gasteiger partial charge on any atom is 0.0107 e. The van der Waals surface area contributed by atoms with Gasteiger partial charge >= 0.3 is 0 Å². The first-order valence-corrected chi connectivity index (χ1v) is 7.63. The lowest BCUT2D eigenvalue weighted by atomic mass is 9.77. The Morgan fingerprint density at radius 1 is 1.06 bits per heavy atom. The molecule has 0 amide bonds. The summed E-state index contributed by atoms with van der Waals surface area (Å²) in [4.78, 5) is 2.66. The average molecular weight is 238 g/mol. The van der Waals surface area contributed by atoms with Gasteiger partial charge in [0.1, 0.15) is 0 Å². The third-order valence-corrected chi connectivity index (χ3v) is 4.74. The van der Waals surface area contributed by atoms with Crippen LogP contribution in [0.15, 0.2) is 0 Å². The van der Waals surface area contributed by atoms with Crippen LogP contribution in [-0.2, 0) is 0 Å². The topological polar surface area (TPSA) is 15.3 Å². The number of piperidine rings is 1. The van der Waals surface area contributed by atoms with Gasteiger partial charge in [0.15, 0.2) is 0 Å². The summed E-state index contributed by atoms with van der Waals surface area (Å²) in [7, 11) is 0. The fraction of sp³-hybridized carbons (Fsp3) is 1.00. The van der Waals surface area contributed by atoms with Crippen molar-refractivity contribution in [3.8, 4) is 0 Å². The van der Waals surface area contributed by atoms with Crippen LogP contribution in [0.25, 0.3) is 0 Å². The number of hydrogen-bond donors (Lipinski definition) is 1. The molecule has 0 aromatic heterocycles. The van der Waals surface area contributed by atoms with E-state index in [0.717, 1.165) is 17.9 Å². The van der Waals surface area contributed by atoms with E-state index >= 15 is 0 Å². The van der Waals surface area contributed by atoms with Gasteiger partial charge in [0.05, 0.1) is 0 Å². The Labute approximate surface area is 107 Å². The predicted molar refractivity (Wildman–Crippen MR) is 74.3 cm³/mol. The number of nitrogens with zero attached hydrogens (tertiary/aromatic N) is 1. The first-order valence-electron chi connectivity index (χ1n) is 7.63. The van der Waals surface area contributed by atoms with Crippen LogP contribution in [0.5, 0.6) is 0 Å². The van der Waals surface area contributed by atoms with E-state index in [4.69, 9.17) is 0 Å². The van der Waals surface area contributed by atoms with Crippen molar-refractivity contribution >= 4 is 0 Å². The molecule has 1 spiro atoms. The van der Waals surface area contributed by atoms with Crippen LogP contribution in [0, 0.1) is 11.3 Å². The smallest absolute Gasteiger partial charge is 0.0107 e. The second-order valence-electron chi connectivity index (χ2n) is 6.65. The first kappa shape index (κ1) is 13.4. The Balaban J connectivity index is 1.59. The number of hydrogen-bond acceptors (Lipinski definition) is 2. The molecule has 2 rings (SSSR count). The van der Waals surface area contributed by atoms with Crippen molar-refractivity contribution in [2.75, 3.05) is 32.7 Å². The van der Waals surface area contributed by atoms with Crippen molar-refractivity contribution in [3.63, 3.8) is 0 Å². The van der Waals surface area contributed by atoms with Crippen molar-refractivity contribution < 1.29 is 0 Å². The van der Waals surface area contributed by atoms with E-state index < -0.39 is 0 Å². The molecular weight excluding hydrogens is 208 g/mol. The molecule has 0 atom stereocenters. The second kappa shape index (κ2) is 6.19. The van der Waals surface area contributed by atoms with E-state index in [9.17, 15) is 0 Å². The Kier molecular flexibility index (Phi) is 4.87. The summed E-state index contributed by atoms with van der Waals surface area (Å²) < 4.78 is 0. The van der Waals surface area contributed by atoms with Crippen LogP contribution < -0.4 is 5.32 Å². The zero-order valence-electron chi connectivity index (χ0n) is 11.8. The van der Waals surface area contributed by atoms with Gasteiger partial charge in [-0.1, -0.05) is 26.7 Å². The van der Waals surface area contributed by atoms with Gasteiger partial charge in [-0.2, -0.15) is 0 Å².